The van der Waals surface area contributed by atoms with E-state index in [1.54, 1.807) is 0 Å². The second kappa shape index (κ2) is 2.77. The molecule has 1 atom stereocenters. The quantitative estimate of drug-likeness (QED) is 0.639. The average molecular weight is 165 g/mol. The first-order valence-electron chi connectivity index (χ1n) is 3.93. The van der Waals surface area contributed by atoms with Crippen molar-refractivity contribution in [1.29, 1.82) is 0 Å². The maximum atomic E-state index is 8.85. The van der Waals surface area contributed by atoms with Gasteiger partial charge in [-0.2, -0.15) is 0 Å². The molecule has 0 unspecified atom stereocenters. The minimum atomic E-state index is -0.00672. The van der Waals surface area contributed by atoms with Gasteiger partial charge in [-0.15, -0.1) is 0 Å². The SMILES string of the molecule is N[C@H]1COc2cc(CO)ccc21. The van der Waals surface area contributed by atoms with Crippen molar-refractivity contribution >= 4 is 0 Å². The van der Waals surface area contributed by atoms with Crippen molar-refractivity contribution in [1.82, 2.24) is 0 Å². The topological polar surface area (TPSA) is 55.5 Å². The van der Waals surface area contributed by atoms with Gasteiger partial charge in [0.2, 0.25) is 0 Å². The third kappa shape index (κ3) is 1.07. The van der Waals surface area contributed by atoms with E-state index in [2.05, 4.69) is 0 Å². The van der Waals surface area contributed by atoms with Gasteiger partial charge in [0, 0.05) is 5.56 Å². The van der Waals surface area contributed by atoms with Crippen LogP contribution in [0, 0.1) is 0 Å². The predicted octanol–water partition coefficient (Wildman–Crippen LogP) is 0.571. The number of fused-ring (bicyclic) bond motifs is 1. The van der Waals surface area contributed by atoms with Crippen molar-refractivity contribution in [3.63, 3.8) is 0 Å². The Bertz CT molecular complexity index is 299. The van der Waals surface area contributed by atoms with Crippen LogP contribution in [0.2, 0.25) is 0 Å². The van der Waals surface area contributed by atoms with Crippen LogP contribution < -0.4 is 10.5 Å². The molecule has 0 saturated carbocycles. The molecule has 3 nitrogen and oxygen atoms in total. The van der Waals surface area contributed by atoms with E-state index in [4.69, 9.17) is 15.6 Å². The van der Waals surface area contributed by atoms with Gasteiger partial charge in [-0.3, -0.25) is 0 Å². The number of rotatable bonds is 1. The molecule has 0 spiro atoms. The smallest absolute Gasteiger partial charge is 0.124 e. The molecule has 3 N–H and O–H groups in total. The lowest BCUT2D eigenvalue weighted by molar-refractivity contribution is 0.280. The molecular formula is C9H11NO2. The lowest BCUT2D eigenvalue weighted by atomic mass is 10.1. The van der Waals surface area contributed by atoms with Gasteiger partial charge in [-0.05, 0) is 11.6 Å². The first-order chi connectivity index (χ1) is 5.81. The van der Waals surface area contributed by atoms with E-state index >= 15 is 0 Å². The van der Waals surface area contributed by atoms with E-state index in [9.17, 15) is 0 Å². The molecule has 0 saturated heterocycles. The minimum Gasteiger partial charge on any atom is -0.491 e. The number of benzene rings is 1. The Morgan fingerprint density at radius 1 is 1.58 bits per heavy atom. The third-order valence-corrected chi connectivity index (χ3v) is 2.08. The van der Waals surface area contributed by atoms with Crippen LogP contribution in [0.5, 0.6) is 5.75 Å². The predicted molar refractivity (Wildman–Crippen MR) is 44.8 cm³/mol. The summed E-state index contributed by atoms with van der Waals surface area (Å²) in [4.78, 5) is 0. The summed E-state index contributed by atoms with van der Waals surface area (Å²) in [6.07, 6.45) is 0. The van der Waals surface area contributed by atoms with E-state index in [-0.39, 0.29) is 12.6 Å². The fourth-order valence-corrected chi connectivity index (χ4v) is 1.38. The van der Waals surface area contributed by atoms with Gasteiger partial charge in [-0.1, -0.05) is 12.1 Å². The summed E-state index contributed by atoms with van der Waals surface area (Å²) in [5.41, 5.74) is 7.65. The van der Waals surface area contributed by atoms with Crippen LogP contribution in [0.4, 0.5) is 0 Å². The van der Waals surface area contributed by atoms with Crippen molar-refractivity contribution in [3.05, 3.63) is 29.3 Å². The van der Waals surface area contributed by atoms with Crippen LogP contribution in [0.25, 0.3) is 0 Å². The molecule has 1 aliphatic heterocycles. The highest BCUT2D eigenvalue weighted by Gasteiger charge is 2.19. The summed E-state index contributed by atoms with van der Waals surface area (Å²) < 4.78 is 5.32. The highest BCUT2D eigenvalue weighted by molar-refractivity contribution is 5.42. The third-order valence-electron chi connectivity index (χ3n) is 2.08. The number of nitrogens with two attached hydrogens (primary N) is 1. The molecule has 1 heterocycles. The standard InChI is InChI=1S/C9H11NO2/c10-8-5-12-9-3-6(4-11)1-2-7(8)9/h1-3,8,11H,4-5,10H2/t8-/m0/s1. The zero-order chi connectivity index (χ0) is 8.55. The maximum Gasteiger partial charge on any atom is 0.124 e. The van der Waals surface area contributed by atoms with Gasteiger partial charge in [-0.25, -0.2) is 0 Å². The molecule has 0 aliphatic carbocycles. The fourth-order valence-electron chi connectivity index (χ4n) is 1.38. The summed E-state index contributed by atoms with van der Waals surface area (Å²) in [6.45, 7) is 0.593. The van der Waals surface area contributed by atoms with E-state index in [0.29, 0.717) is 6.61 Å². The Hall–Kier alpha value is -1.06. The van der Waals surface area contributed by atoms with Gasteiger partial charge in [0.05, 0.1) is 12.6 Å². The lowest BCUT2D eigenvalue weighted by Gasteiger charge is -2.01. The van der Waals surface area contributed by atoms with Gasteiger partial charge >= 0.3 is 0 Å². The van der Waals surface area contributed by atoms with Crippen LogP contribution >= 0.6 is 0 Å². The summed E-state index contributed by atoms with van der Waals surface area (Å²) in [5, 5.41) is 8.85. The minimum absolute atomic E-state index is 0.00672. The Morgan fingerprint density at radius 2 is 2.42 bits per heavy atom. The van der Waals surface area contributed by atoms with Crippen LogP contribution in [-0.2, 0) is 6.61 Å². The molecule has 1 aliphatic rings. The second-order valence-corrected chi connectivity index (χ2v) is 2.95. The molecule has 1 aromatic carbocycles. The number of hydrogen-bond acceptors (Lipinski definition) is 3. The van der Waals surface area contributed by atoms with Crippen LogP contribution in [-0.4, -0.2) is 11.7 Å². The normalized spacial score (nSPS) is 20.3. The summed E-state index contributed by atoms with van der Waals surface area (Å²) >= 11 is 0. The molecule has 2 rings (SSSR count). The Labute approximate surface area is 70.8 Å². The summed E-state index contributed by atoms with van der Waals surface area (Å²) in [6, 6.07) is 5.61. The number of ether oxygens (including phenoxy) is 1. The maximum absolute atomic E-state index is 8.85. The lowest BCUT2D eigenvalue weighted by Crippen LogP contribution is -2.10. The van der Waals surface area contributed by atoms with Crippen molar-refractivity contribution in [2.45, 2.75) is 12.6 Å². The number of aliphatic hydroxyl groups is 1. The summed E-state index contributed by atoms with van der Waals surface area (Å²) in [5.74, 6) is 0.814. The Kier molecular flexibility index (Phi) is 1.75. The van der Waals surface area contributed by atoms with Crippen LogP contribution in [0.1, 0.15) is 17.2 Å². The van der Waals surface area contributed by atoms with Crippen molar-refractivity contribution in [2.75, 3.05) is 6.61 Å². The van der Waals surface area contributed by atoms with Gasteiger partial charge in [0.25, 0.3) is 0 Å². The molecular weight excluding hydrogens is 154 g/mol. The molecule has 3 heteroatoms. The van der Waals surface area contributed by atoms with Crippen molar-refractivity contribution < 1.29 is 9.84 Å². The highest BCUT2D eigenvalue weighted by atomic mass is 16.5. The van der Waals surface area contributed by atoms with Gasteiger partial charge in [0.15, 0.2) is 0 Å². The van der Waals surface area contributed by atoms with E-state index in [0.717, 1.165) is 16.9 Å². The Balaban J connectivity index is 2.41. The number of aliphatic hydroxyl groups excluding tert-OH is 1. The molecule has 12 heavy (non-hydrogen) atoms. The molecule has 1 aromatic rings. The highest BCUT2D eigenvalue weighted by Crippen LogP contribution is 2.31. The second-order valence-electron chi connectivity index (χ2n) is 2.95. The number of hydrogen-bond donors (Lipinski definition) is 2. The average Bonchev–Trinajstić information content (AvgIpc) is 2.47. The van der Waals surface area contributed by atoms with E-state index < -0.39 is 0 Å². The molecule has 0 radical (unpaired) electrons. The monoisotopic (exact) mass is 165 g/mol. The van der Waals surface area contributed by atoms with E-state index in [1.165, 1.54) is 0 Å². The molecule has 0 amide bonds. The van der Waals surface area contributed by atoms with E-state index in [1.807, 2.05) is 18.2 Å². The van der Waals surface area contributed by atoms with Crippen molar-refractivity contribution in [2.24, 2.45) is 5.73 Å². The Morgan fingerprint density at radius 3 is 3.17 bits per heavy atom. The van der Waals surface area contributed by atoms with Crippen LogP contribution in [0.15, 0.2) is 18.2 Å². The largest absolute Gasteiger partial charge is 0.491 e. The fraction of sp³-hybridized carbons (Fsp3) is 0.333. The zero-order valence-corrected chi connectivity index (χ0v) is 6.66. The molecule has 0 aromatic heterocycles. The summed E-state index contributed by atoms with van der Waals surface area (Å²) in [7, 11) is 0. The van der Waals surface area contributed by atoms with Crippen LogP contribution in [0.3, 0.4) is 0 Å². The molecule has 0 bridgehead atoms. The van der Waals surface area contributed by atoms with Gasteiger partial charge in [0.1, 0.15) is 12.4 Å². The van der Waals surface area contributed by atoms with Crippen molar-refractivity contribution in [3.8, 4) is 5.75 Å². The van der Waals surface area contributed by atoms with Gasteiger partial charge < -0.3 is 15.6 Å². The molecule has 0 fully saturated rings. The first-order valence-corrected chi connectivity index (χ1v) is 3.93. The first kappa shape index (κ1) is 7.58. The molecule has 64 valence electrons. The zero-order valence-electron chi connectivity index (χ0n) is 6.66.